The highest BCUT2D eigenvalue weighted by Crippen LogP contribution is 2.48. The molecule has 1 saturated carbocycles. The average Bonchev–Trinajstić information content (AvgIpc) is 2.57. The van der Waals surface area contributed by atoms with Gasteiger partial charge in [-0.2, -0.15) is 0 Å². The number of hydrogen-bond donors (Lipinski definition) is 2. The predicted molar refractivity (Wildman–Crippen MR) is 92.1 cm³/mol. The molecule has 1 aliphatic rings. The van der Waals surface area contributed by atoms with Crippen molar-refractivity contribution < 1.29 is 19.4 Å². The first kappa shape index (κ1) is 18.5. The maximum Gasteiger partial charge on any atom is 0.335 e. The molecule has 2 rings (SSSR count). The molecule has 2 N–H and O–H groups in total. The first-order valence-corrected chi connectivity index (χ1v) is 8.61. The summed E-state index contributed by atoms with van der Waals surface area (Å²) in [7, 11) is 1.73. The Kier molecular flexibility index (Phi) is 5.99. The molecule has 0 bridgehead atoms. The van der Waals surface area contributed by atoms with E-state index in [1.807, 2.05) is 0 Å². The molecule has 1 aromatic rings. The van der Waals surface area contributed by atoms with Crippen molar-refractivity contribution in [3.63, 3.8) is 0 Å². The monoisotopic (exact) mass is 333 g/mol. The lowest BCUT2D eigenvalue weighted by atomic mass is 9.58. The van der Waals surface area contributed by atoms with Gasteiger partial charge >= 0.3 is 5.97 Å². The minimum absolute atomic E-state index is 0.0172. The largest absolute Gasteiger partial charge is 0.478 e. The van der Waals surface area contributed by atoms with Gasteiger partial charge in [0.1, 0.15) is 0 Å². The van der Waals surface area contributed by atoms with Crippen molar-refractivity contribution in [3.8, 4) is 0 Å². The van der Waals surface area contributed by atoms with Crippen LogP contribution in [-0.4, -0.2) is 36.2 Å². The summed E-state index contributed by atoms with van der Waals surface area (Å²) in [6, 6.07) is 6.98. The van der Waals surface area contributed by atoms with E-state index in [0.717, 1.165) is 19.3 Å². The maximum atomic E-state index is 12.3. The van der Waals surface area contributed by atoms with Crippen LogP contribution in [0, 0.1) is 5.41 Å². The van der Waals surface area contributed by atoms with Gasteiger partial charge in [-0.3, -0.25) is 4.79 Å². The zero-order valence-corrected chi connectivity index (χ0v) is 14.7. The minimum atomic E-state index is -0.955. The number of ether oxygens (including phenoxy) is 1. The summed E-state index contributed by atoms with van der Waals surface area (Å²) in [4.78, 5) is 23.5. The molecule has 5 heteroatoms. The van der Waals surface area contributed by atoms with Crippen LogP contribution in [0.5, 0.6) is 0 Å². The van der Waals surface area contributed by atoms with Crippen LogP contribution < -0.4 is 5.32 Å². The number of hydrogen-bond acceptors (Lipinski definition) is 3. The van der Waals surface area contributed by atoms with Gasteiger partial charge in [0.2, 0.25) is 5.91 Å². The van der Waals surface area contributed by atoms with Crippen LogP contribution in [0.1, 0.15) is 55.5 Å². The molecule has 0 aliphatic heterocycles. The smallest absolute Gasteiger partial charge is 0.335 e. The summed E-state index contributed by atoms with van der Waals surface area (Å²) in [5.41, 5.74) is 0.981. The van der Waals surface area contributed by atoms with Crippen LogP contribution in [0.3, 0.4) is 0 Å². The van der Waals surface area contributed by atoms with Gasteiger partial charge in [-0.25, -0.2) is 4.79 Å². The van der Waals surface area contributed by atoms with E-state index in [0.29, 0.717) is 18.4 Å². The normalized spacial score (nSPS) is 21.8. The number of aryl methyl sites for hydroxylation is 1. The van der Waals surface area contributed by atoms with E-state index >= 15 is 0 Å². The van der Waals surface area contributed by atoms with Gasteiger partial charge < -0.3 is 15.2 Å². The van der Waals surface area contributed by atoms with Crippen LogP contribution in [0.15, 0.2) is 24.3 Å². The summed E-state index contributed by atoms with van der Waals surface area (Å²) in [5, 5.41) is 12.3. The third-order valence-corrected chi connectivity index (χ3v) is 5.59. The molecular weight excluding hydrogens is 306 g/mol. The van der Waals surface area contributed by atoms with E-state index in [9.17, 15) is 14.7 Å². The molecule has 0 heterocycles. The number of carbonyl (C=O) groups excluding carboxylic acids is 1. The van der Waals surface area contributed by atoms with Gasteiger partial charge in [0.25, 0.3) is 0 Å². The Morgan fingerprint density at radius 1 is 1.29 bits per heavy atom. The molecule has 0 aromatic heterocycles. The zero-order chi connectivity index (χ0) is 17.7. The van der Waals surface area contributed by atoms with Gasteiger partial charge in [-0.15, -0.1) is 0 Å². The lowest BCUT2D eigenvalue weighted by Gasteiger charge is -2.55. The number of benzene rings is 1. The zero-order valence-electron chi connectivity index (χ0n) is 14.7. The molecule has 1 aromatic carbocycles. The van der Waals surface area contributed by atoms with Crippen LogP contribution >= 0.6 is 0 Å². The van der Waals surface area contributed by atoms with Gasteiger partial charge in [0.05, 0.1) is 11.7 Å². The van der Waals surface area contributed by atoms with Crippen LogP contribution in [-0.2, 0) is 16.0 Å². The summed E-state index contributed by atoms with van der Waals surface area (Å²) in [5.74, 6) is -0.982. The predicted octanol–water partition coefficient (Wildman–Crippen LogP) is 3.03. The maximum absolute atomic E-state index is 12.3. The van der Waals surface area contributed by atoms with Gasteiger partial charge in [0.15, 0.2) is 0 Å². The lowest BCUT2D eigenvalue weighted by Crippen LogP contribution is -2.64. The van der Waals surface area contributed by atoms with Crippen molar-refractivity contribution >= 4 is 11.9 Å². The Bertz CT molecular complexity index is 595. The van der Waals surface area contributed by atoms with Gasteiger partial charge in [-0.05, 0) is 37.3 Å². The Morgan fingerprint density at radius 3 is 2.54 bits per heavy atom. The molecule has 1 aliphatic carbocycles. The molecule has 2 unspecified atom stereocenters. The molecule has 5 nitrogen and oxygen atoms in total. The third kappa shape index (κ3) is 3.46. The van der Waals surface area contributed by atoms with Gasteiger partial charge in [-0.1, -0.05) is 32.0 Å². The van der Waals surface area contributed by atoms with E-state index in [1.54, 1.807) is 31.4 Å². The fourth-order valence-electron chi connectivity index (χ4n) is 3.94. The van der Waals surface area contributed by atoms with Crippen molar-refractivity contribution in [3.05, 3.63) is 35.4 Å². The van der Waals surface area contributed by atoms with Crippen molar-refractivity contribution in [2.75, 3.05) is 7.11 Å². The van der Waals surface area contributed by atoms with E-state index < -0.39 is 5.97 Å². The highest BCUT2D eigenvalue weighted by molar-refractivity contribution is 5.89. The second kappa shape index (κ2) is 7.79. The molecule has 1 fully saturated rings. The number of aromatic carboxylic acids is 1. The standard InChI is InChI=1S/C19H27NO4/c1-4-19(5-2)15(12-16(19)24-3)20-17(21)11-10-13-8-6-7-9-14(13)18(22)23/h6-9,15-16H,4-5,10-12H2,1-3H3,(H,20,21)(H,22,23). The second-order valence-corrected chi connectivity index (χ2v) is 6.48. The highest BCUT2D eigenvalue weighted by atomic mass is 16.5. The molecule has 132 valence electrons. The van der Waals surface area contributed by atoms with Crippen LogP contribution in [0.4, 0.5) is 0 Å². The summed E-state index contributed by atoms with van der Waals surface area (Å²) in [6.45, 7) is 4.27. The summed E-state index contributed by atoms with van der Waals surface area (Å²) in [6.07, 6.45) is 3.70. The molecule has 0 spiro atoms. The van der Waals surface area contributed by atoms with Gasteiger partial charge in [0, 0.05) is 25.0 Å². The summed E-state index contributed by atoms with van der Waals surface area (Å²) >= 11 is 0. The lowest BCUT2D eigenvalue weighted by molar-refractivity contribution is -0.141. The molecule has 1 amide bonds. The van der Waals surface area contributed by atoms with Crippen molar-refractivity contribution in [2.24, 2.45) is 5.41 Å². The molecule has 2 atom stereocenters. The Balaban J connectivity index is 1.94. The Morgan fingerprint density at radius 2 is 1.96 bits per heavy atom. The minimum Gasteiger partial charge on any atom is -0.478 e. The van der Waals surface area contributed by atoms with E-state index in [1.165, 1.54) is 0 Å². The number of carboxylic acids is 1. The molecular formula is C19H27NO4. The number of nitrogens with one attached hydrogen (secondary N) is 1. The first-order chi connectivity index (χ1) is 11.5. The second-order valence-electron chi connectivity index (χ2n) is 6.48. The quantitative estimate of drug-likeness (QED) is 0.767. The number of carbonyl (C=O) groups is 2. The van der Waals surface area contributed by atoms with Crippen molar-refractivity contribution in [2.45, 2.75) is 58.1 Å². The Labute approximate surface area is 143 Å². The number of methoxy groups -OCH3 is 1. The number of carboxylic acid groups (broad SMARTS) is 1. The third-order valence-electron chi connectivity index (χ3n) is 5.59. The van der Waals surface area contributed by atoms with E-state index in [-0.39, 0.29) is 29.0 Å². The summed E-state index contributed by atoms with van der Waals surface area (Å²) < 4.78 is 5.55. The number of amides is 1. The fraction of sp³-hybridized carbons (Fsp3) is 0.579. The first-order valence-electron chi connectivity index (χ1n) is 8.61. The topological polar surface area (TPSA) is 75.6 Å². The van der Waals surface area contributed by atoms with Crippen LogP contribution in [0.25, 0.3) is 0 Å². The Hall–Kier alpha value is -1.88. The number of rotatable bonds is 8. The average molecular weight is 333 g/mol. The van der Waals surface area contributed by atoms with Crippen molar-refractivity contribution in [1.29, 1.82) is 0 Å². The molecule has 0 saturated heterocycles. The highest BCUT2D eigenvalue weighted by Gasteiger charge is 2.53. The molecule has 0 radical (unpaired) electrons. The molecule has 24 heavy (non-hydrogen) atoms. The van der Waals surface area contributed by atoms with E-state index in [2.05, 4.69) is 19.2 Å². The SMILES string of the molecule is CCC1(CC)C(NC(=O)CCc2ccccc2C(=O)O)CC1OC. The van der Waals surface area contributed by atoms with Crippen molar-refractivity contribution in [1.82, 2.24) is 5.32 Å². The van der Waals surface area contributed by atoms with Crippen LogP contribution in [0.2, 0.25) is 0 Å². The fourth-order valence-corrected chi connectivity index (χ4v) is 3.94. The van der Waals surface area contributed by atoms with E-state index in [4.69, 9.17) is 4.74 Å².